The Labute approximate surface area is 113 Å². The van der Waals surface area contributed by atoms with E-state index in [2.05, 4.69) is 25.7 Å². The maximum Gasteiger partial charge on any atom is 0.0602 e. The number of hydrogen-bond donors (Lipinski definition) is 2. The highest BCUT2D eigenvalue weighted by atomic mass is 16.3. The van der Waals surface area contributed by atoms with Gasteiger partial charge >= 0.3 is 0 Å². The van der Waals surface area contributed by atoms with Gasteiger partial charge in [0.1, 0.15) is 0 Å². The fourth-order valence-corrected chi connectivity index (χ4v) is 3.14. The highest BCUT2D eigenvalue weighted by Crippen LogP contribution is 2.24. The molecule has 18 heavy (non-hydrogen) atoms. The Morgan fingerprint density at radius 1 is 1.28 bits per heavy atom. The summed E-state index contributed by atoms with van der Waals surface area (Å²) >= 11 is 0. The second-order valence-electron chi connectivity index (χ2n) is 6.19. The van der Waals surface area contributed by atoms with Crippen LogP contribution in [-0.2, 0) is 0 Å². The van der Waals surface area contributed by atoms with Crippen molar-refractivity contribution in [2.24, 2.45) is 17.6 Å². The number of nitrogens with two attached hydrogens (primary N) is 1. The minimum atomic E-state index is 0.0812. The van der Waals surface area contributed by atoms with Crippen molar-refractivity contribution in [1.29, 1.82) is 0 Å². The second kappa shape index (κ2) is 8.13. The van der Waals surface area contributed by atoms with Crippen molar-refractivity contribution in [3.05, 3.63) is 0 Å². The molecule has 0 spiro atoms. The lowest BCUT2D eigenvalue weighted by Gasteiger charge is -2.35. The average Bonchev–Trinajstić information content (AvgIpc) is 2.56. The van der Waals surface area contributed by atoms with Crippen LogP contribution in [0.3, 0.4) is 0 Å². The monoisotopic (exact) mass is 256 g/mol. The highest BCUT2D eigenvalue weighted by Gasteiger charge is 2.28. The molecule has 1 heterocycles. The summed E-state index contributed by atoms with van der Waals surface area (Å²) in [5.41, 5.74) is 6.24. The van der Waals surface area contributed by atoms with Crippen LogP contribution in [0, 0.1) is 11.8 Å². The fraction of sp³-hybridized carbons (Fsp3) is 1.00. The first-order chi connectivity index (χ1) is 8.60. The van der Waals surface area contributed by atoms with Gasteiger partial charge in [-0.3, -0.25) is 4.90 Å². The zero-order valence-electron chi connectivity index (χ0n) is 12.4. The van der Waals surface area contributed by atoms with Gasteiger partial charge in [0.15, 0.2) is 0 Å². The van der Waals surface area contributed by atoms with Crippen molar-refractivity contribution in [1.82, 2.24) is 4.90 Å². The maximum atomic E-state index is 9.64. The molecule has 0 aromatic heterocycles. The van der Waals surface area contributed by atoms with E-state index in [0.717, 1.165) is 19.0 Å². The molecule has 0 saturated carbocycles. The smallest absolute Gasteiger partial charge is 0.0602 e. The van der Waals surface area contributed by atoms with E-state index in [0.29, 0.717) is 5.92 Å². The Balaban J connectivity index is 2.54. The van der Waals surface area contributed by atoms with E-state index in [4.69, 9.17) is 5.73 Å². The van der Waals surface area contributed by atoms with Crippen LogP contribution in [0.25, 0.3) is 0 Å². The van der Waals surface area contributed by atoms with Crippen LogP contribution < -0.4 is 5.73 Å². The Morgan fingerprint density at radius 2 is 2.00 bits per heavy atom. The van der Waals surface area contributed by atoms with Gasteiger partial charge in [-0.05, 0) is 44.2 Å². The normalized spacial score (nSPS) is 26.0. The molecule has 0 radical (unpaired) electrons. The van der Waals surface area contributed by atoms with Crippen LogP contribution >= 0.6 is 0 Å². The van der Waals surface area contributed by atoms with Gasteiger partial charge in [-0.15, -0.1) is 0 Å². The summed E-state index contributed by atoms with van der Waals surface area (Å²) in [5.74, 6) is 1.31. The van der Waals surface area contributed by atoms with Crippen LogP contribution in [-0.4, -0.2) is 41.8 Å². The summed E-state index contributed by atoms with van der Waals surface area (Å²) < 4.78 is 0. The number of likely N-dealkylation sites (tertiary alicyclic amines) is 1. The SMILES string of the molecule is CCCC1CCCN(C(CO)C(N)C(C)C)CC1. The summed E-state index contributed by atoms with van der Waals surface area (Å²) in [4.78, 5) is 2.43. The molecule has 108 valence electrons. The van der Waals surface area contributed by atoms with Gasteiger partial charge < -0.3 is 10.8 Å². The third-order valence-electron chi connectivity index (χ3n) is 4.45. The predicted octanol–water partition coefficient (Wildman–Crippen LogP) is 2.23. The summed E-state index contributed by atoms with van der Waals surface area (Å²) in [5, 5.41) is 9.64. The largest absolute Gasteiger partial charge is 0.395 e. The van der Waals surface area contributed by atoms with E-state index in [9.17, 15) is 5.11 Å². The van der Waals surface area contributed by atoms with Crippen molar-refractivity contribution in [3.63, 3.8) is 0 Å². The third kappa shape index (κ3) is 4.52. The summed E-state index contributed by atoms with van der Waals surface area (Å²) in [6.45, 7) is 8.96. The van der Waals surface area contributed by atoms with Crippen LogP contribution in [0.15, 0.2) is 0 Å². The van der Waals surface area contributed by atoms with E-state index in [-0.39, 0.29) is 18.7 Å². The highest BCUT2D eigenvalue weighted by molar-refractivity contribution is 4.85. The lowest BCUT2D eigenvalue weighted by Crippen LogP contribution is -2.52. The first-order valence-corrected chi connectivity index (χ1v) is 7.70. The van der Waals surface area contributed by atoms with Gasteiger partial charge in [-0.1, -0.05) is 33.6 Å². The minimum absolute atomic E-state index is 0.0812. The number of rotatable bonds is 6. The van der Waals surface area contributed by atoms with E-state index in [1.165, 1.54) is 32.1 Å². The standard InChI is InChI=1S/C15H32N2O/c1-4-6-13-7-5-9-17(10-8-13)14(11-18)15(16)12(2)3/h12-15,18H,4-11,16H2,1-3H3. The molecule has 3 heteroatoms. The first-order valence-electron chi connectivity index (χ1n) is 7.70. The van der Waals surface area contributed by atoms with Crippen molar-refractivity contribution in [2.45, 2.75) is 65.0 Å². The molecule has 1 fully saturated rings. The number of nitrogens with zero attached hydrogens (tertiary/aromatic N) is 1. The van der Waals surface area contributed by atoms with Crippen LogP contribution in [0.4, 0.5) is 0 Å². The van der Waals surface area contributed by atoms with Crippen molar-refractivity contribution >= 4 is 0 Å². The summed E-state index contributed by atoms with van der Waals surface area (Å²) in [6.07, 6.45) is 6.52. The van der Waals surface area contributed by atoms with Gasteiger partial charge in [0, 0.05) is 12.1 Å². The molecule has 0 aromatic carbocycles. The zero-order valence-corrected chi connectivity index (χ0v) is 12.4. The molecule has 3 nitrogen and oxygen atoms in total. The molecule has 3 atom stereocenters. The minimum Gasteiger partial charge on any atom is -0.395 e. The van der Waals surface area contributed by atoms with Gasteiger partial charge in [0.2, 0.25) is 0 Å². The quantitative estimate of drug-likeness (QED) is 0.766. The molecule has 0 bridgehead atoms. The van der Waals surface area contributed by atoms with Crippen molar-refractivity contribution in [2.75, 3.05) is 19.7 Å². The molecular formula is C15H32N2O. The molecule has 1 aliphatic rings. The van der Waals surface area contributed by atoms with E-state index >= 15 is 0 Å². The van der Waals surface area contributed by atoms with Gasteiger partial charge in [0.05, 0.1) is 6.61 Å². The topological polar surface area (TPSA) is 49.5 Å². The van der Waals surface area contributed by atoms with Crippen molar-refractivity contribution < 1.29 is 5.11 Å². The summed E-state index contributed by atoms with van der Waals surface area (Å²) in [7, 11) is 0. The predicted molar refractivity (Wildman–Crippen MR) is 77.5 cm³/mol. The summed E-state index contributed by atoms with van der Waals surface area (Å²) in [6, 6.07) is 0.225. The lowest BCUT2D eigenvalue weighted by atomic mass is 9.95. The second-order valence-corrected chi connectivity index (χ2v) is 6.19. The molecular weight excluding hydrogens is 224 g/mol. The van der Waals surface area contributed by atoms with Crippen LogP contribution in [0.5, 0.6) is 0 Å². The van der Waals surface area contributed by atoms with E-state index in [1.807, 2.05) is 0 Å². The van der Waals surface area contributed by atoms with Crippen molar-refractivity contribution in [3.8, 4) is 0 Å². The van der Waals surface area contributed by atoms with Gasteiger partial charge in [-0.2, -0.15) is 0 Å². The molecule has 3 unspecified atom stereocenters. The number of hydrogen-bond acceptors (Lipinski definition) is 3. The first kappa shape index (κ1) is 15.9. The van der Waals surface area contributed by atoms with Gasteiger partial charge in [0.25, 0.3) is 0 Å². The van der Waals surface area contributed by atoms with Crippen LogP contribution in [0.1, 0.15) is 52.9 Å². The number of aliphatic hydroxyl groups is 1. The Bertz CT molecular complexity index is 221. The molecule has 1 aliphatic heterocycles. The lowest BCUT2D eigenvalue weighted by molar-refractivity contribution is 0.0932. The Hall–Kier alpha value is -0.120. The molecule has 3 N–H and O–H groups in total. The van der Waals surface area contributed by atoms with Gasteiger partial charge in [-0.25, -0.2) is 0 Å². The maximum absolute atomic E-state index is 9.64. The van der Waals surface area contributed by atoms with E-state index < -0.39 is 0 Å². The van der Waals surface area contributed by atoms with E-state index in [1.54, 1.807) is 0 Å². The molecule has 1 saturated heterocycles. The molecule has 1 rings (SSSR count). The van der Waals surface area contributed by atoms with Crippen LogP contribution in [0.2, 0.25) is 0 Å². The number of aliphatic hydroxyl groups excluding tert-OH is 1. The molecule has 0 aliphatic carbocycles. The average molecular weight is 256 g/mol. The molecule has 0 amide bonds. The Morgan fingerprint density at radius 3 is 2.56 bits per heavy atom. The molecule has 0 aromatic rings. The zero-order chi connectivity index (χ0) is 13.5. The Kier molecular flexibility index (Phi) is 7.20. The fourth-order valence-electron chi connectivity index (χ4n) is 3.14. The third-order valence-corrected chi connectivity index (χ3v) is 4.45.